The van der Waals surface area contributed by atoms with E-state index in [1.165, 1.54) is 30.6 Å². The molecule has 0 radical (unpaired) electrons. The van der Waals surface area contributed by atoms with E-state index in [1.54, 1.807) is 0 Å². The summed E-state index contributed by atoms with van der Waals surface area (Å²) in [4.78, 5) is 19.4. The number of amides is 1. The highest BCUT2D eigenvalue weighted by Crippen LogP contribution is 2.40. The van der Waals surface area contributed by atoms with E-state index in [-0.39, 0.29) is 5.91 Å². The van der Waals surface area contributed by atoms with Crippen LogP contribution in [0.4, 0.5) is 0 Å². The molecule has 2 aromatic rings. The van der Waals surface area contributed by atoms with E-state index in [9.17, 15) is 4.79 Å². The molecule has 0 bridgehead atoms. The molecule has 1 aliphatic carbocycles. The van der Waals surface area contributed by atoms with Crippen molar-refractivity contribution in [2.24, 2.45) is 13.0 Å². The Bertz CT molecular complexity index is 744. The smallest absolute Gasteiger partial charge is 0.226 e. The second kappa shape index (κ2) is 5.66. The van der Waals surface area contributed by atoms with Crippen molar-refractivity contribution in [2.75, 3.05) is 13.1 Å². The fourth-order valence-electron chi connectivity index (χ4n) is 3.78. The van der Waals surface area contributed by atoms with Crippen LogP contribution in [0.1, 0.15) is 49.9 Å². The second-order valence-corrected chi connectivity index (χ2v) is 7.39. The van der Waals surface area contributed by atoms with Gasteiger partial charge in [0.1, 0.15) is 5.82 Å². The summed E-state index contributed by atoms with van der Waals surface area (Å²) < 4.78 is 2.21. The summed E-state index contributed by atoms with van der Waals surface area (Å²) in [6, 6.07) is 6.31. The standard InChI is InChI=1S/C19H25N3O/c1-13-4-3-9-22(12-13)18(23)11-14-5-8-17-16(10-14)20-19(21(17)2)15-6-7-15/h5,8,10,13,15H,3-4,6-7,9,11-12H2,1-2H3. The van der Waals surface area contributed by atoms with Gasteiger partial charge in [-0.15, -0.1) is 0 Å². The number of hydrogen-bond acceptors (Lipinski definition) is 2. The fraction of sp³-hybridized carbons (Fsp3) is 0.579. The van der Waals surface area contributed by atoms with E-state index < -0.39 is 0 Å². The lowest BCUT2D eigenvalue weighted by atomic mass is 9.99. The summed E-state index contributed by atoms with van der Waals surface area (Å²) in [6.45, 7) is 4.07. The van der Waals surface area contributed by atoms with Crippen LogP contribution in [0.2, 0.25) is 0 Å². The lowest BCUT2D eigenvalue weighted by Crippen LogP contribution is -2.39. The van der Waals surface area contributed by atoms with E-state index in [1.807, 2.05) is 4.90 Å². The molecule has 1 atom stereocenters. The number of aromatic nitrogens is 2. The predicted molar refractivity (Wildman–Crippen MR) is 91.4 cm³/mol. The van der Waals surface area contributed by atoms with E-state index in [4.69, 9.17) is 4.98 Å². The summed E-state index contributed by atoms with van der Waals surface area (Å²) >= 11 is 0. The number of carbonyl (C=O) groups excluding carboxylic acids is 1. The van der Waals surface area contributed by atoms with E-state index in [0.717, 1.165) is 30.6 Å². The molecule has 1 aromatic carbocycles. The highest BCUT2D eigenvalue weighted by atomic mass is 16.2. The summed E-state index contributed by atoms with van der Waals surface area (Å²) in [6.07, 6.45) is 5.40. The lowest BCUT2D eigenvalue weighted by molar-refractivity contribution is -0.132. The maximum absolute atomic E-state index is 12.5. The largest absolute Gasteiger partial charge is 0.342 e. The minimum absolute atomic E-state index is 0.259. The quantitative estimate of drug-likeness (QED) is 0.872. The van der Waals surface area contributed by atoms with Crippen molar-refractivity contribution in [3.63, 3.8) is 0 Å². The third-order valence-electron chi connectivity index (χ3n) is 5.29. The number of piperidine rings is 1. The molecule has 122 valence electrons. The molecule has 2 heterocycles. The van der Waals surface area contributed by atoms with Crippen LogP contribution >= 0.6 is 0 Å². The van der Waals surface area contributed by atoms with Gasteiger partial charge in [-0.3, -0.25) is 4.79 Å². The number of nitrogens with zero attached hydrogens (tertiary/aromatic N) is 3. The van der Waals surface area contributed by atoms with Gasteiger partial charge in [0.05, 0.1) is 17.5 Å². The van der Waals surface area contributed by atoms with Gasteiger partial charge in [-0.1, -0.05) is 13.0 Å². The van der Waals surface area contributed by atoms with Crippen molar-refractivity contribution < 1.29 is 4.79 Å². The number of fused-ring (bicyclic) bond motifs is 1. The Morgan fingerprint density at radius 3 is 2.87 bits per heavy atom. The Hall–Kier alpha value is -1.84. The zero-order valence-corrected chi connectivity index (χ0v) is 14.1. The van der Waals surface area contributed by atoms with Crippen molar-refractivity contribution in [2.45, 2.75) is 44.9 Å². The Labute approximate surface area is 137 Å². The first-order chi connectivity index (χ1) is 11.1. The van der Waals surface area contributed by atoms with Gasteiger partial charge in [-0.25, -0.2) is 4.98 Å². The van der Waals surface area contributed by atoms with Crippen LogP contribution in [0.5, 0.6) is 0 Å². The molecular weight excluding hydrogens is 286 g/mol. The Balaban J connectivity index is 1.53. The van der Waals surface area contributed by atoms with Crippen molar-refractivity contribution in [3.05, 3.63) is 29.6 Å². The molecule has 1 aliphatic heterocycles. The summed E-state index contributed by atoms with van der Waals surface area (Å²) in [5.41, 5.74) is 3.29. The molecular formula is C19H25N3O. The SMILES string of the molecule is CC1CCCN(C(=O)Cc2ccc3c(c2)nc(C2CC2)n3C)C1. The van der Waals surface area contributed by atoms with Crippen LogP contribution < -0.4 is 0 Å². The maximum Gasteiger partial charge on any atom is 0.226 e. The minimum atomic E-state index is 0.259. The van der Waals surface area contributed by atoms with Gasteiger partial charge >= 0.3 is 0 Å². The summed E-state index contributed by atoms with van der Waals surface area (Å²) in [5, 5.41) is 0. The Morgan fingerprint density at radius 2 is 2.13 bits per heavy atom. The maximum atomic E-state index is 12.5. The zero-order valence-electron chi connectivity index (χ0n) is 14.1. The molecule has 2 fully saturated rings. The summed E-state index contributed by atoms with van der Waals surface area (Å²) in [7, 11) is 2.10. The number of rotatable bonds is 3. The van der Waals surface area contributed by atoms with Crippen LogP contribution in [-0.2, 0) is 18.3 Å². The molecule has 1 amide bonds. The third kappa shape index (κ3) is 2.87. The van der Waals surface area contributed by atoms with Gasteiger partial charge < -0.3 is 9.47 Å². The number of aryl methyl sites for hydroxylation is 1. The van der Waals surface area contributed by atoms with Gasteiger partial charge in [-0.2, -0.15) is 0 Å². The van der Waals surface area contributed by atoms with Crippen LogP contribution in [0.3, 0.4) is 0 Å². The number of imidazole rings is 1. The average molecular weight is 311 g/mol. The highest BCUT2D eigenvalue weighted by Gasteiger charge is 2.28. The van der Waals surface area contributed by atoms with Gasteiger partial charge in [0.25, 0.3) is 0 Å². The molecule has 23 heavy (non-hydrogen) atoms. The van der Waals surface area contributed by atoms with Crippen molar-refractivity contribution in [1.82, 2.24) is 14.5 Å². The van der Waals surface area contributed by atoms with Gasteiger partial charge in [-0.05, 0) is 49.3 Å². The zero-order chi connectivity index (χ0) is 16.0. The Kier molecular flexibility index (Phi) is 3.63. The minimum Gasteiger partial charge on any atom is -0.342 e. The topological polar surface area (TPSA) is 38.1 Å². The molecule has 0 spiro atoms. The van der Waals surface area contributed by atoms with Crippen molar-refractivity contribution in [1.29, 1.82) is 0 Å². The van der Waals surface area contributed by atoms with Gasteiger partial charge in [0.15, 0.2) is 0 Å². The molecule has 2 aliphatic rings. The lowest BCUT2D eigenvalue weighted by Gasteiger charge is -2.31. The molecule has 1 unspecified atom stereocenters. The molecule has 1 saturated heterocycles. The first-order valence-corrected chi connectivity index (χ1v) is 8.85. The van der Waals surface area contributed by atoms with E-state index >= 15 is 0 Å². The third-order valence-corrected chi connectivity index (χ3v) is 5.29. The van der Waals surface area contributed by atoms with Gasteiger partial charge in [0, 0.05) is 26.1 Å². The number of hydrogen-bond donors (Lipinski definition) is 0. The first kappa shape index (κ1) is 14.7. The van der Waals surface area contributed by atoms with E-state index in [2.05, 4.69) is 36.7 Å². The van der Waals surface area contributed by atoms with Crippen LogP contribution in [0, 0.1) is 5.92 Å². The molecule has 4 heteroatoms. The van der Waals surface area contributed by atoms with Crippen LogP contribution in [0.15, 0.2) is 18.2 Å². The van der Waals surface area contributed by atoms with Crippen molar-refractivity contribution in [3.8, 4) is 0 Å². The van der Waals surface area contributed by atoms with E-state index in [0.29, 0.717) is 18.3 Å². The molecule has 0 N–H and O–H groups in total. The van der Waals surface area contributed by atoms with Gasteiger partial charge in [0.2, 0.25) is 5.91 Å². The fourth-order valence-corrected chi connectivity index (χ4v) is 3.78. The second-order valence-electron chi connectivity index (χ2n) is 7.39. The molecule has 4 nitrogen and oxygen atoms in total. The molecule has 1 saturated carbocycles. The Morgan fingerprint density at radius 1 is 1.30 bits per heavy atom. The number of benzene rings is 1. The van der Waals surface area contributed by atoms with Crippen LogP contribution in [0.25, 0.3) is 11.0 Å². The number of likely N-dealkylation sites (tertiary alicyclic amines) is 1. The van der Waals surface area contributed by atoms with Crippen LogP contribution in [-0.4, -0.2) is 33.4 Å². The summed E-state index contributed by atoms with van der Waals surface area (Å²) in [5.74, 6) is 2.74. The number of carbonyl (C=O) groups is 1. The normalized spacial score (nSPS) is 21.8. The predicted octanol–water partition coefficient (Wildman–Crippen LogP) is 3.25. The molecule has 1 aromatic heterocycles. The average Bonchev–Trinajstić information content (AvgIpc) is 3.32. The monoisotopic (exact) mass is 311 g/mol. The van der Waals surface area contributed by atoms with Crippen molar-refractivity contribution >= 4 is 16.9 Å². The first-order valence-electron chi connectivity index (χ1n) is 8.85. The highest BCUT2D eigenvalue weighted by molar-refractivity contribution is 5.82. The molecule has 4 rings (SSSR count).